The minimum atomic E-state index is -0.525. The number of benzene rings is 1. The standard InChI is InChI=1S/C15H11ClN2O4S/c1-2-21-14(20)10-7-23-15(17-10)18-13(19)12-6-8-5-9(16)3-4-11(8)22-12/h3-7H,2H2,1H3,(H,17,18,19). The highest BCUT2D eigenvalue weighted by atomic mass is 35.5. The highest BCUT2D eigenvalue weighted by Gasteiger charge is 2.16. The van der Waals surface area contributed by atoms with Crippen molar-refractivity contribution >= 4 is 50.9 Å². The molecular formula is C15H11ClN2O4S. The number of anilines is 1. The van der Waals surface area contributed by atoms with Gasteiger partial charge >= 0.3 is 5.97 Å². The molecule has 3 rings (SSSR count). The van der Waals surface area contributed by atoms with E-state index < -0.39 is 11.9 Å². The minimum absolute atomic E-state index is 0.134. The van der Waals surface area contributed by atoms with Crippen molar-refractivity contribution in [2.75, 3.05) is 11.9 Å². The number of carbonyl (C=O) groups is 2. The summed E-state index contributed by atoms with van der Waals surface area (Å²) in [6.07, 6.45) is 0. The zero-order valence-electron chi connectivity index (χ0n) is 12.0. The Balaban J connectivity index is 1.76. The summed E-state index contributed by atoms with van der Waals surface area (Å²) in [7, 11) is 0. The number of fused-ring (bicyclic) bond motifs is 1. The van der Waals surface area contributed by atoms with Crippen LogP contribution >= 0.6 is 22.9 Å². The number of amides is 1. The fraction of sp³-hybridized carbons (Fsp3) is 0.133. The Morgan fingerprint density at radius 2 is 2.22 bits per heavy atom. The van der Waals surface area contributed by atoms with E-state index in [2.05, 4.69) is 10.3 Å². The molecule has 0 saturated carbocycles. The summed E-state index contributed by atoms with van der Waals surface area (Å²) >= 11 is 7.03. The molecule has 0 radical (unpaired) electrons. The Bertz CT molecular complexity index is 887. The molecule has 0 fully saturated rings. The molecule has 23 heavy (non-hydrogen) atoms. The zero-order valence-corrected chi connectivity index (χ0v) is 13.5. The normalized spacial score (nSPS) is 10.7. The first kappa shape index (κ1) is 15.5. The maximum atomic E-state index is 12.2. The first-order valence-electron chi connectivity index (χ1n) is 6.70. The molecule has 1 amide bonds. The van der Waals surface area contributed by atoms with E-state index in [1.165, 1.54) is 5.38 Å². The number of ether oxygens (including phenoxy) is 1. The van der Waals surface area contributed by atoms with Gasteiger partial charge in [0.05, 0.1) is 6.61 Å². The van der Waals surface area contributed by atoms with Crippen LogP contribution in [0.15, 0.2) is 34.1 Å². The monoisotopic (exact) mass is 350 g/mol. The Morgan fingerprint density at radius 3 is 3.00 bits per heavy atom. The molecule has 118 valence electrons. The van der Waals surface area contributed by atoms with Gasteiger partial charge < -0.3 is 9.15 Å². The number of furan rings is 1. The lowest BCUT2D eigenvalue weighted by Gasteiger charge is -1.98. The van der Waals surface area contributed by atoms with Crippen molar-refractivity contribution in [2.24, 2.45) is 0 Å². The molecule has 0 unspecified atom stereocenters. The smallest absolute Gasteiger partial charge is 0.357 e. The molecule has 0 aliphatic carbocycles. The predicted molar refractivity (Wildman–Crippen MR) is 87.2 cm³/mol. The number of nitrogens with one attached hydrogen (secondary N) is 1. The number of rotatable bonds is 4. The Morgan fingerprint density at radius 1 is 1.39 bits per heavy atom. The van der Waals surface area contributed by atoms with Gasteiger partial charge in [-0.15, -0.1) is 11.3 Å². The van der Waals surface area contributed by atoms with Crippen LogP contribution in [-0.4, -0.2) is 23.5 Å². The number of nitrogens with zero attached hydrogens (tertiary/aromatic N) is 1. The van der Waals surface area contributed by atoms with E-state index in [0.29, 0.717) is 10.6 Å². The van der Waals surface area contributed by atoms with Gasteiger partial charge in [0, 0.05) is 15.8 Å². The average Bonchev–Trinajstić information content (AvgIpc) is 3.13. The summed E-state index contributed by atoms with van der Waals surface area (Å²) in [4.78, 5) is 27.7. The maximum absolute atomic E-state index is 12.2. The topological polar surface area (TPSA) is 81.4 Å². The van der Waals surface area contributed by atoms with Gasteiger partial charge in [-0.25, -0.2) is 9.78 Å². The van der Waals surface area contributed by atoms with Crippen LogP contribution < -0.4 is 5.32 Å². The van der Waals surface area contributed by atoms with Crippen LogP contribution in [0.3, 0.4) is 0 Å². The summed E-state index contributed by atoms with van der Waals surface area (Å²) in [5, 5.41) is 5.68. The number of hydrogen-bond acceptors (Lipinski definition) is 6. The highest BCUT2D eigenvalue weighted by molar-refractivity contribution is 7.14. The lowest BCUT2D eigenvalue weighted by molar-refractivity contribution is 0.0520. The van der Waals surface area contributed by atoms with E-state index in [1.807, 2.05) is 0 Å². The number of hydrogen-bond donors (Lipinski definition) is 1. The molecule has 0 bridgehead atoms. The van der Waals surface area contributed by atoms with Gasteiger partial charge in [0.15, 0.2) is 16.6 Å². The van der Waals surface area contributed by atoms with Gasteiger partial charge in [0.25, 0.3) is 5.91 Å². The first-order chi connectivity index (χ1) is 11.1. The van der Waals surface area contributed by atoms with E-state index in [4.69, 9.17) is 20.8 Å². The number of aromatic nitrogens is 1. The fourth-order valence-electron chi connectivity index (χ4n) is 1.91. The van der Waals surface area contributed by atoms with Crippen molar-refractivity contribution in [1.29, 1.82) is 0 Å². The molecule has 2 aromatic heterocycles. The molecule has 0 aliphatic heterocycles. The second kappa shape index (κ2) is 6.39. The van der Waals surface area contributed by atoms with Gasteiger partial charge in [-0.05, 0) is 31.2 Å². The van der Waals surface area contributed by atoms with Gasteiger partial charge in [0.1, 0.15) is 5.58 Å². The number of carbonyl (C=O) groups excluding carboxylic acids is 2. The van der Waals surface area contributed by atoms with Crippen molar-refractivity contribution in [3.05, 3.63) is 46.1 Å². The molecule has 1 aromatic carbocycles. The zero-order chi connectivity index (χ0) is 16.4. The summed E-state index contributed by atoms with van der Waals surface area (Å²) in [6.45, 7) is 1.97. The third-order valence-corrected chi connectivity index (χ3v) is 3.90. The van der Waals surface area contributed by atoms with E-state index in [1.54, 1.807) is 31.2 Å². The first-order valence-corrected chi connectivity index (χ1v) is 7.95. The summed E-state index contributed by atoms with van der Waals surface area (Å²) in [5.74, 6) is -0.847. The molecule has 0 aliphatic rings. The van der Waals surface area contributed by atoms with Gasteiger partial charge in [0.2, 0.25) is 0 Å². The number of thiazole rings is 1. The quantitative estimate of drug-likeness (QED) is 0.720. The largest absolute Gasteiger partial charge is 0.461 e. The van der Waals surface area contributed by atoms with Crippen LogP contribution in [0.5, 0.6) is 0 Å². The summed E-state index contributed by atoms with van der Waals surface area (Å²) in [6, 6.07) is 6.67. The van der Waals surface area contributed by atoms with Gasteiger partial charge in [-0.3, -0.25) is 10.1 Å². The average molecular weight is 351 g/mol. The summed E-state index contributed by atoms with van der Waals surface area (Å²) < 4.78 is 10.3. The van der Waals surface area contributed by atoms with Crippen molar-refractivity contribution in [1.82, 2.24) is 4.98 Å². The van der Waals surface area contributed by atoms with E-state index in [9.17, 15) is 9.59 Å². The van der Waals surface area contributed by atoms with Crippen LogP contribution in [-0.2, 0) is 4.74 Å². The lowest BCUT2D eigenvalue weighted by atomic mass is 10.2. The highest BCUT2D eigenvalue weighted by Crippen LogP contribution is 2.24. The second-order valence-electron chi connectivity index (χ2n) is 4.51. The molecule has 2 heterocycles. The van der Waals surface area contributed by atoms with Crippen LogP contribution in [0.25, 0.3) is 11.0 Å². The summed E-state index contributed by atoms with van der Waals surface area (Å²) in [5.41, 5.74) is 0.717. The second-order valence-corrected chi connectivity index (χ2v) is 5.80. The van der Waals surface area contributed by atoms with Crippen molar-refractivity contribution in [3.8, 4) is 0 Å². The van der Waals surface area contributed by atoms with Gasteiger partial charge in [-0.2, -0.15) is 0 Å². The number of esters is 1. The molecule has 0 saturated heterocycles. The molecule has 0 spiro atoms. The van der Waals surface area contributed by atoms with Crippen molar-refractivity contribution < 1.29 is 18.7 Å². The van der Waals surface area contributed by atoms with Crippen LogP contribution in [0, 0.1) is 0 Å². The SMILES string of the molecule is CCOC(=O)c1csc(NC(=O)c2cc3cc(Cl)ccc3o2)n1. The molecule has 1 N–H and O–H groups in total. The third kappa shape index (κ3) is 3.35. The van der Waals surface area contributed by atoms with Crippen LogP contribution in [0.2, 0.25) is 5.02 Å². The fourth-order valence-corrected chi connectivity index (χ4v) is 2.77. The Hall–Kier alpha value is -2.38. The van der Waals surface area contributed by atoms with Crippen molar-refractivity contribution in [2.45, 2.75) is 6.92 Å². The minimum Gasteiger partial charge on any atom is -0.461 e. The van der Waals surface area contributed by atoms with E-state index >= 15 is 0 Å². The number of halogens is 1. The van der Waals surface area contributed by atoms with E-state index in [0.717, 1.165) is 16.7 Å². The van der Waals surface area contributed by atoms with Gasteiger partial charge in [-0.1, -0.05) is 11.6 Å². The molecule has 0 atom stereocenters. The van der Waals surface area contributed by atoms with Crippen LogP contribution in [0.1, 0.15) is 28.0 Å². The Labute approximate surface area is 140 Å². The van der Waals surface area contributed by atoms with Crippen LogP contribution in [0.4, 0.5) is 5.13 Å². The molecular weight excluding hydrogens is 340 g/mol. The predicted octanol–water partition coefficient (Wildman–Crippen LogP) is 3.97. The molecule has 3 aromatic rings. The lowest BCUT2D eigenvalue weighted by Crippen LogP contribution is -2.11. The molecule has 8 heteroatoms. The molecule has 6 nitrogen and oxygen atoms in total. The third-order valence-electron chi connectivity index (χ3n) is 2.91. The maximum Gasteiger partial charge on any atom is 0.357 e. The van der Waals surface area contributed by atoms with Crippen molar-refractivity contribution in [3.63, 3.8) is 0 Å². The Kier molecular flexibility index (Phi) is 4.31. The van der Waals surface area contributed by atoms with E-state index in [-0.39, 0.29) is 23.2 Å².